The van der Waals surface area contributed by atoms with Crippen LogP contribution in [-0.4, -0.2) is 42.1 Å². The lowest BCUT2D eigenvalue weighted by Crippen LogP contribution is -2.58. The van der Waals surface area contributed by atoms with Gasteiger partial charge in [-0.15, -0.1) is 0 Å². The fraction of sp³-hybridized carbons (Fsp3) is 0.938. The number of amides is 1. The van der Waals surface area contributed by atoms with Crippen molar-refractivity contribution < 1.29 is 9.53 Å². The molecule has 5 unspecified atom stereocenters. The number of ether oxygens (including phenoxy) is 1. The minimum absolute atomic E-state index is 0.0411. The molecule has 3 aliphatic rings. The quantitative estimate of drug-likeness (QED) is 0.798. The summed E-state index contributed by atoms with van der Waals surface area (Å²) in [6.07, 6.45) is 8.24. The van der Waals surface area contributed by atoms with Crippen molar-refractivity contribution in [3.8, 4) is 0 Å². The van der Waals surface area contributed by atoms with Gasteiger partial charge < -0.3 is 15.4 Å². The summed E-state index contributed by atoms with van der Waals surface area (Å²) in [6.45, 7) is 3.65. The van der Waals surface area contributed by atoms with Gasteiger partial charge in [0.1, 0.15) is 0 Å². The standard InChI is InChI=1S/C16H28N2O2/c1-11-5-4-6-12(15(11)17)16(19)18-9-10-20-14-8-3-2-7-13(14)18/h11-15H,2-10,17H2,1H3. The molecule has 2 N–H and O–H groups in total. The Morgan fingerprint density at radius 1 is 1.15 bits per heavy atom. The van der Waals surface area contributed by atoms with Gasteiger partial charge in [0.25, 0.3) is 0 Å². The van der Waals surface area contributed by atoms with Crippen LogP contribution in [0.1, 0.15) is 51.9 Å². The largest absolute Gasteiger partial charge is 0.374 e. The van der Waals surface area contributed by atoms with E-state index in [1.54, 1.807) is 0 Å². The van der Waals surface area contributed by atoms with Gasteiger partial charge in [-0.25, -0.2) is 0 Å². The average Bonchev–Trinajstić information content (AvgIpc) is 2.49. The number of fused-ring (bicyclic) bond motifs is 1. The van der Waals surface area contributed by atoms with Crippen LogP contribution in [0.3, 0.4) is 0 Å². The SMILES string of the molecule is CC1CCCC(C(=O)N2CCOC3CCCCC32)C1N. The van der Waals surface area contributed by atoms with Crippen molar-refractivity contribution in [1.82, 2.24) is 4.90 Å². The maximum Gasteiger partial charge on any atom is 0.227 e. The Balaban J connectivity index is 1.71. The fourth-order valence-corrected chi connectivity index (χ4v) is 4.31. The van der Waals surface area contributed by atoms with Crippen molar-refractivity contribution in [1.29, 1.82) is 0 Å². The van der Waals surface area contributed by atoms with Gasteiger partial charge in [-0.2, -0.15) is 0 Å². The summed E-state index contributed by atoms with van der Waals surface area (Å²) in [5.41, 5.74) is 6.32. The van der Waals surface area contributed by atoms with Crippen LogP contribution >= 0.6 is 0 Å². The molecule has 3 rings (SSSR count). The van der Waals surface area contributed by atoms with Crippen molar-refractivity contribution >= 4 is 5.91 Å². The third kappa shape index (κ3) is 2.60. The van der Waals surface area contributed by atoms with Gasteiger partial charge in [0.05, 0.1) is 24.7 Å². The molecule has 1 heterocycles. The number of hydrogen-bond acceptors (Lipinski definition) is 3. The summed E-state index contributed by atoms with van der Waals surface area (Å²) in [7, 11) is 0. The monoisotopic (exact) mass is 280 g/mol. The van der Waals surface area contributed by atoms with Crippen molar-refractivity contribution in [2.75, 3.05) is 13.2 Å². The van der Waals surface area contributed by atoms with Gasteiger partial charge in [-0.3, -0.25) is 4.79 Å². The minimum Gasteiger partial charge on any atom is -0.374 e. The van der Waals surface area contributed by atoms with Crippen LogP contribution in [0.5, 0.6) is 0 Å². The van der Waals surface area contributed by atoms with Crippen molar-refractivity contribution in [3.63, 3.8) is 0 Å². The van der Waals surface area contributed by atoms with Crippen LogP contribution in [0.25, 0.3) is 0 Å². The highest BCUT2D eigenvalue weighted by molar-refractivity contribution is 5.80. The van der Waals surface area contributed by atoms with Gasteiger partial charge in [0.2, 0.25) is 5.91 Å². The van der Waals surface area contributed by atoms with E-state index < -0.39 is 0 Å². The van der Waals surface area contributed by atoms with Gasteiger partial charge in [-0.05, 0) is 31.6 Å². The Morgan fingerprint density at radius 2 is 1.95 bits per heavy atom. The highest BCUT2D eigenvalue weighted by Gasteiger charge is 2.41. The van der Waals surface area contributed by atoms with Gasteiger partial charge >= 0.3 is 0 Å². The van der Waals surface area contributed by atoms with Crippen LogP contribution in [-0.2, 0) is 9.53 Å². The molecule has 5 atom stereocenters. The van der Waals surface area contributed by atoms with Crippen LogP contribution < -0.4 is 5.73 Å². The summed E-state index contributed by atoms with van der Waals surface area (Å²) in [5, 5.41) is 0. The molecule has 3 fully saturated rings. The Bertz CT molecular complexity index is 358. The summed E-state index contributed by atoms with van der Waals surface area (Å²) < 4.78 is 5.87. The molecule has 0 aromatic rings. The predicted molar refractivity (Wildman–Crippen MR) is 78.2 cm³/mol. The molecular formula is C16H28N2O2. The molecule has 114 valence electrons. The molecule has 4 nitrogen and oxygen atoms in total. The molecule has 0 bridgehead atoms. The summed E-state index contributed by atoms with van der Waals surface area (Å²) >= 11 is 0. The van der Waals surface area contributed by atoms with Gasteiger partial charge in [0, 0.05) is 12.6 Å². The first kappa shape index (κ1) is 14.3. The Morgan fingerprint density at radius 3 is 2.80 bits per heavy atom. The van der Waals surface area contributed by atoms with Crippen molar-refractivity contribution in [3.05, 3.63) is 0 Å². The Kier molecular flexibility index (Phi) is 4.32. The zero-order valence-electron chi connectivity index (χ0n) is 12.6. The maximum atomic E-state index is 13.0. The van der Waals surface area contributed by atoms with Crippen molar-refractivity contribution in [2.45, 2.75) is 70.1 Å². The second-order valence-corrected chi connectivity index (χ2v) is 6.88. The zero-order chi connectivity index (χ0) is 14.1. The topological polar surface area (TPSA) is 55.6 Å². The zero-order valence-corrected chi connectivity index (χ0v) is 12.6. The normalized spacial score (nSPS) is 42.1. The van der Waals surface area contributed by atoms with Crippen LogP contribution in [0.2, 0.25) is 0 Å². The summed E-state index contributed by atoms with van der Waals surface area (Å²) in [5.74, 6) is 0.824. The molecule has 1 amide bonds. The number of carbonyl (C=O) groups excluding carboxylic acids is 1. The minimum atomic E-state index is 0.0411. The number of nitrogens with two attached hydrogens (primary N) is 1. The van der Waals surface area contributed by atoms with Gasteiger partial charge in [0.15, 0.2) is 0 Å². The lowest BCUT2D eigenvalue weighted by Gasteiger charge is -2.46. The predicted octanol–water partition coefficient (Wildman–Crippen LogP) is 1.92. The molecule has 1 saturated heterocycles. The van der Waals surface area contributed by atoms with Crippen LogP contribution in [0.4, 0.5) is 0 Å². The van der Waals surface area contributed by atoms with Crippen LogP contribution in [0.15, 0.2) is 0 Å². The average molecular weight is 280 g/mol. The molecule has 2 aliphatic carbocycles. The Hall–Kier alpha value is -0.610. The molecule has 1 aliphatic heterocycles. The van der Waals surface area contributed by atoms with E-state index in [4.69, 9.17) is 10.5 Å². The van der Waals surface area contributed by atoms with E-state index in [1.165, 1.54) is 19.3 Å². The molecule has 0 spiro atoms. The summed E-state index contributed by atoms with van der Waals surface area (Å²) in [4.78, 5) is 15.1. The maximum absolute atomic E-state index is 13.0. The van der Waals surface area contributed by atoms with E-state index in [-0.39, 0.29) is 18.1 Å². The Labute approximate surface area is 122 Å². The lowest BCUT2D eigenvalue weighted by atomic mass is 9.77. The van der Waals surface area contributed by atoms with E-state index in [0.29, 0.717) is 24.5 Å². The molecular weight excluding hydrogens is 252 g/mol. The van der Waals surface area contributed by atoms with E-state index in [0.717, 1.165) is 32.2 Å². The van der Waals surface area contributed by atoms with E-state index >= 15 is 0 Å². The highest BCUT2D eigenvalue weighted by Crippen LogP contribution is 2.33. The number of carbonyl (C=O) groups is 1. The summed E-state index contributed by atoms with van der Waals surface area (Å²) in [6, 6.07) is 0.357. The molecule has 2 saturated carbocycles. The highest BCUT2D eigenvalue weighted by atomic mass is 16.5. The third-order valence-corrected chi connectivity index (χ3v) is 5.63. The first-order valence-electron chi connectivity index (χ1n) is 8.36. The first-order valence-corrected chi connectivity index (χ1v) is 8.36. The third-order valence-electron chi connectivity index (χ3n) is 5.63. The van der Waals surface area contributed by atoms with Crippen molar-refractivity contribution in [2.24, 2.45) is 17.6 Å². The van der Waals surface area contributed by atoms with Gasteiger partial charge in [-0.1, -0.05) is 26.2 Å². The van der Waals surface area contributed by atoms with E-state index in [1.807, 2.05) is 0 Å². The molecule has 20 heavy (non-hydrogen) atoms. The number of morpholine rings is 1. The number of nitrogens with zero attached hydrogens (tertiary/aromatic N) is 1. The molecule has 4 heteroatoms. The lowest BCUT2D eigenvalue weighted by molar-refractivity contribution is -0.155. The number of hydrogen-bond donors (Lipinski definition) is 1. The second-order valence-electron chi connectivity index (χ2n) is 6.88. The van der Waals surface area contributed by atoms with Crippen LogP contribution in [0, 0.1) is 11.8 Å². The fourth-order valence-electron chi connectivity index (χ4n) is 4.31. The number of rotatable bonds is 1. The first-order chi connectivity index (χ1) is 9.68. The smallest absolute Gasteiger partial charge is 0.227 e. The second kappa shape index (κ2) is 6.02. The molecule has 0 radical (unpaired) electrons. The van der Waals surface area contributed by atoms with E-state index in [2.05, 4.69) is 11.8 Å². The van der Waals surface area contributed by atoms with E-state index in [9.17, 15) is 4.79 Å². The molecule has 0 aromatic carbocycles. The molecule has 0 aromatic heterocycles.